The summed E-state index contributed by atoms with van der Waals surface area (Å²) < 4.78 is 8.61. The van der Waals surface area contributed by atoms with Gasteiger partial charge in [0.2, 0.25) is 0 Å². The molecule has 25 heavy (non-hydrogen) atoms. The topological polar surface area (TPSA) is 13.6 Å². The Morgan fingerprint density at radius 1 is 0.800 bits per heavy atom. The summed E-state index contributed by atoms with van der Waals surface area (Å²) in [5.41, 5.74) is 3.62. The van der Waals surface area contributed by atoms with Crippen LogP contribution >= 0.6 is 0 Å². The van der Waals surface area contributed by atoms with Crippen molar-refractivity contribution >= 4 is 5.52 Å². The minimum atomic E-state index is -0.0204. The summed E-state index contributed by atoms with van der Waals surface area (Å²) in [6.45, 7) is 3.07. The molecular weight excluding hydrogens is 306 g/mol. The molecule has 3 rings (SSSR count). The van der Waals surface area contributed by atoms with Gasteiger partial charge in [-0.25, -0.2) is 0 Å². The van der Waals surface area contributed by atoms with Gasteiger partial charge in [0.1, 0.15) is 6.10 Å². The van der Waals surface area contributed by atoms with Crippen LogP contribution in [-0.2, 0) is 4.74 Å². The van der Waals surface area contributed by atoms with E-state index in [-0.39, 0.29) is 6.10 Å². The van der Waals surface area contributed by atoms with Crippen LogP contribution in [0, 0.1) is 0 Å². The van der Waals surface area contributed by atoms with E-state index in [9.17, 15) is 0 Å². The summed E-state index contributed by atoms with van der Waals surface area (Å²) >= 11 is 0. The van der Waals surface area contributed by atoms with Gasteiger partial charge in [-0.3, -0.25) is 0 Å². The standard InChI is InChI=1S/C23H29NO/c1-2-3-4-5-6-10-19-25-23(20-13-8-7-9-14-20)22-17-11-15-21-16-12-18-24(21)22/h7-9,11-18,23H,2-6,10,19H2,1H3. The Kier molecular flexibility index (Phi) is 6.70. The van der Waals surface area contributed by atoms with Crippen LogP contribution in [0.25, 0.3) is 5.52 Å². The molecule has 2 heterocycles. The average molecular weight is 335 g/mol. The predicted molar refractivity (Wildman–Crippen MR) is 105 cm³/mol. The largest absolute Gasteiger partial charge is 0.367 e. The monoisotopic (exact) mass is 335 g/mol. The van der Waals surface area contributed by atoms with Crippen LogP contribution in [0.3, 0.4) is 0 Å². The van der Waals surface area contributed by atoms with E-state index in [1.807, 2.05) is 0 Å². The number of hydrogen-bond acceptors (Lipinski definition) is 1. The summed E-state index contributed by atoms with van der Waals surface area (Å²) in [5.74, 6) is 0. The fourth-order valence-electron chi connectivity index (χ4n) is 3.37. The van der Waals surface area contributed by atoms with Gasteiger partial charge in [0.15, 0.2) is 0 Å². The van der Waals surface area contributed by atoms with Gasteiger partial charge in [-0.15, -0.1) is 0 Å². The Hall–Kier alpha value is -2.06. The molecule has 2 nitrogen and oxygen atoms in total. The molecule has 1 unspecified atom stereocenters. The van der Waals surface area contributed by atoms with Crippen LogP contribution < -0.4 is 0 Å². The van der Waals surface area contributed by atoms with E-state index in [1.54, 1.807) is 0 Å². The molecule has 2 aromatic heterocycles. The van der Waals surface area contributed by atoms with Crippen LogP contribution in [-0.4, -0.2) is 11.0 Å². The maximum Gasteiger partial charge on any atom is 0.123 e. The molecule has 0 fully saturated rings. The summed E-state index contributed by atoms with van der Waals surface area (Å²) in [6.07, 6.45) is 9.81. The number of ether oxygens (including phenoxy) is 1. The summed E-state index contributed by atoms with van der Waals surface area (Å²) in [6, 6.07) is 21.2. The molecule has 0 N–H and O–H groups in total. The minimum Gasteiger partial charge on any atom is -0.367 e. The molecule has 3 aromatic rings. The van der Waals surface area contributed by atoms with Crippen LogP contribution in [0.1, 0.15) is 62.8 Å². The Morgan fingerprint density at radius 3 is 2.40 bits per heavy atom. The molecule has 0 aliphatic carbocycles. The van der Waals surface area contributed by atoms with E-state index < -0.39 is 0 Å². The molecule has 0 aliphatic heterocycles. The van der Waals surface area contributed by atoms with Gasteiger partial charge in [0.05, 0.1) is 5.69 Å². The molecule has 0 amide bonds. The maximum atomic E-state index is 6.38. The van der Waals surface area contributed by atoms with Crippen molar-refractivity contribution in [2.24, 2.45) is 0 Å². The van der Waals surface area contributed by atoms with E-state index in [1.165, 1.54) is 48.9 Å². The number of fused-ring (bicyclic) bond motifs is 1. The van der Waals surface area contributed by atoms with E-state index >= 15 is 0 Å². The van der Waals surface area contributed by atoms with Crippen molar-refractivity contribution in [3.8, 4) is 0 Å². The highest BCUT2D eigenvalue weighted by molar-refractivity contribution is 5.49. The van der Waals surface area contributed by atoms with Gasteiger partial charge in [0, 0.05) is 18.3 Å². The Morgan fingerprint density at radius 2 is 1.56 bits per heavy atom. The molecule has 0 saturated carbocycles. The lowest BCUT2D eigenvalue weighted by atomic mass is 10.1. The number of hydrogen-bond donors (Lipinski definition) is 0. The SMILES string of the molecule is CCCCCCCCOC(c1ccccc1)c1cccc2cccn12. The van der Waals surface area contributed by atoms with Crippen molar-refractivity contribution in [1.29, 1.82) is 0 Å². The zero-order valence-electron chi connectivity index (χ0n) is 15.2. The van der Waals surface area contributed by atoms with Crippen molar-refractivity contribution in [3.63, 3.8) is 0 Å². The molecule has 1 atom stereocenters. The zero-order valence-corrected chi connectivity index (χ0v) is 15.2. The Labute approximate surface area is 151 Å². The van der Waals surface area contributed by atoms with Crippen LogP contribution in [0.5, 0.6) is 0 Å². The number of pyridine rings is 1. The Bertz CT molecular complexity index is 747. The normalized spacial score (nSPS) is 12.5. The third-order valence-corrected chi connectivity index (χ3v) is 4.75. The second-order valence-corrected chi connectivity index (χ2v) is 6.68. The van der Waals surface area contributed by atoms with Gasteiger partial charge in [-0.05, 0) is 36.2 Å². The molecule has 2 heteroatoms. The van der Waals surface area contributed by atoms with Gasteiger partial charge < -0.3 is 9.14 Å². The number of benzene rings is 1. The first kappa shape index (κ1) is 17.8. The highest BCUT2D eigenvalue weighted by Crippen LogP contribution is 2.27. The van der Waals surface area contributed by atoms with E-state index in [2.05, 4.69) is 78.2 Å². The molecule has 1 aromatic carbocycles. The molecule has 0 bridgehead atoms. The van der Waals surface area contributed by atoms with Gasteiger partial charge in [-0.1, -0.05) is 75.4 Å². The first-order chi connectivity index (χ1) is 12.4. The fourth-order valence-corrected chi connectivity index (χ4v) is 3.37. The number of unbranched alkanes of at least 4 members (excludes halogenated alkanes) is 5. The highest BCUT2D eigenvalue weighted by atomic mass is 16.5. The number of aromatic nitrogens is 1. The zero-order chi connectivity index (χ0) is 17.3. The molecular formula is C23H29NO. The van der Waals surface area contributed by atoms with Gasteiger partial charge in [-0.2, -0.15) is 0 Å². The van der Waals surface area contributed by atoms with E-state index in [4.69, 9.17) is 4.74 Å². The van der Waals surface area contributed by atoms with Crippen LogP contribution in [0.15, 0.2) is 66.9 Å². The maximum absolute atomic E-state index is 6.38. The molecule has 0 spiro atoms. The fraction of sp³-hybridized carbons (Fsp3) is 0.391. The predicted octanol–water partition coefficient (Wildman–Crippen LogP) is 6.41. The van der Waals surface area contributed by atoms with Gasteiger partial charge >= 0.3 is 0 Å². The molecule has 0 aliphatic rings. The third kappa shape index (κ3) is 4.73. The second-order valence-electron chi connectivity index (χ2n) is 6.68. The first-order valence-electron chi connectivity index (χ1n) is 9.62. The summed E-state index contributed by atoms with van der Waals surface area (Å²) in [4.78, 5) is 0. The highest BCUT2D eigenvalue weighted by Gasteiger charge is 2.17. The first-order valence-corrected chi connectivity index (χ1v) is 9.62. The quantitative estimate of drug-likeness (QED) is 0.391. The third-order valence-electron chi connectivity index (χ3n) is 4.75. The Balaban J connectivity index is 1.70. The minimum absolute atomic E-state index is 0.0204. The van der Waals surface area contributed by atoms with Crippen molar-refractivity contribution in [3.05, 3.63) is 78.1 Å². The van der Waals surface area contributed by atoms with Crippen molar-refractivity contribution in [2.75, 3.05) is 6.61 Å². The average Bonchev–Trinajstić information content (AvgIpc) is 3.14. The lowest BCUT2D eigenvalue weighted by Gasteiger charge is -2.20. The molecule has 0 radical (unpaired) electrons. The summed E-state index contributed by atoms with van der Waals surface area (Å²) in [7, 11) is 0. The van der Waals surface area contributed by atoms with Gasteiger partial charge in [0.25, 0.3) is 0 Å². The van der Waals surface area contributed by atoms with Crippen LogP contribution in [0.2, 0.25) is 0 Å². The van der Waals surface area contributed by atoms with E-state index in [0.717, 1.165) is 13.0 Å². The van der Waals surface area contributed by atoms with Crippen molar-refractivity contribution in [1.82, 2.24) is 4.40 Å². The van der Waals surface area contributed by atoms with Crippen LogP contribution in [0.4, 0.5) is 0 Å². The lowest BCUT2D eigenvalue weighted by molar-refractivity contribution is 0.0733. The summed E-state index contributed by atoms with van der Waals surface area (Å²) in [5, 5.41) is 0. The lowest BCUT2D eigenvalue weighted by Crippen LogP contribution is -2.11. The van der Waals surface area contributed by atoms with Crippen molar-refractivity contribution in [2.45, 2.75) is 51.6 Å². The van der Waals surface area contributed by atoms with Crippen molar-refractivity contribution < 1.29 is 4.74 Å². The number of nitrogens with zero attached hydrogens (tertiary/aromatic N) is 1. The number of rotatable bonds is 10. The molecule has 132 valence electrons. The second kappa shape index (κ2) is 9.43. The van der Waals surface area contributed by atoms with E-state index in [0.29, 0.717) is 0 Å². The molecule has 0 saturated heterocycles. The smallest absolute Gasteiger partial charge is 0.123 e.